The number of benzene rings is 2. The molecule has 1 heterocycles. The molecule has 2 aromatic rings. The second-order valence-electron chi connectivity index (χ2n) is 8.99. The highest BCUT2D eigenvalue weighted by Gasteiger charge is 2.29. The van der Waals surface area contributed by atoms with E-state index in [-0.39, 0.29) is 21.8 Å². The van der Waals surface area contributed by atoms with E-state index in [1.165, 1.54) is 80.8 Å². The minimum absolute atomic E-state index is 0.00381. The maximum Gasteiger partial charge on any atom is 0.339 e. The summed E-state index contributed by atoms with van der Waals surface area (Å²) in [4.78, 5) is 12.3. The molecule has 37 heavy (non-hydrogen) atoms. The zero-order valence-electron chi connectivity index (χ0n) is 21.3. The largest absolute Gasteiger partial charge is 0.378 e. The molecule has 1 atom stereocenters. The van der Waals surface area contributed by atoms with Gasteiger partial charge in [0, 0.05) is 10.6 Å². The lowest BCUT2D eigenvalue weighted by Gasteiger charge is -2.11. The van der Waals surface area contributed by atoms with Crippen LogP contribution in [0.2, 0.25) is 5.02 Å². The Morgan fingerprint density at radius 1 is 1.03 bits per heavy atom. The number of carbonyl (C=O) groups excluding carboxylic acids is 1. The van der Waals surface area contributed by atoms with Crippen LogP contribution < -0.4 is 9.50 Å². The van der Waals surface area contributed by atoms with E-state index < -0.39 is 10.1 Å². The van der Waals surface area contributed by atoms with Crippen molar-refractivity contribution in [3.05, 3.63) is 58.6 Å². The molecule has 1 fully saturated rings. The molecule has 1 amide bonds. The second-order valence-corrected chi connectivity index (χ2v) is 12.2. The lowest BCUT2D eigenvalue weighted by molar-refractivity contribution is -0.118. The predicted octanol–water partition coefficient (Wildman–Crippen LogP) is 6.87. The summed E-state index contributed by atoms with van der Waals surface area (Å²) in [6.45, 7) is 3.97. The zero-order valence-corrected chi connectivity index (χ0v) is 23.7. The van der Waals surface area contributed by atoms with Gasteiger partial charge in [-0.1, -0.05) is 93.8 Å². The van der Waals surface area contributed by atoms with Crippen LogP contribution in [0, 0.1) is 6.92 Å². The Morgan fingerprint density at radius 2 is 1.70 bits per heavy atom. The van der Waals surface area contributed by atoms with Gasteiger partial charge in [0.15, 0.2) is 10.9 Å². The molecule has 0 radical (unpaired) electrons. The average molecular weight is 564 g/mol. The fraction of sp³-hybridized carbons (Fsp3) is 0.444. The van der Waals surface area contributed by atoms with Crippen LogP contribution in [0.4, 0.5) is 0 Å². The Balaban J connectivity index is 1.56. The third-order valence-corrected chi connectivity index (χ3v) is 8.61. The molecule has 0 saturated carbocycles. The molecule has 0 aliphatic carbocycles. The minimum atomic E-state index is -4.07. The quantitative estimate of drug-likeness (QED) is 0.117. The number of aryl methyl sites for hydroxylation is 1. The van der Waals surface area contributed by atoms with Crippen molar-refractivity contribution < 1.29 is 17.4 Å². The number of rotatable bonds is 14. The molecule has 1 aliphatic rings. The fourth-order valence-electron chi connectivity index (χ4n) is 3.90. The summed E-state index contributed by atoms with van der Waals surface area (Å²) in [7, 11) is -4.07. The van der Waals surface area contributed by atoms with Gasteiger partial charge >= 0.3 is 10.1 Å². The number of amidine groups is 1. The maximum atomic E-state index is 12.8. The first-order valence-corrected chi connectivity index (χ1v) is 15.3. The third kappa shape index (κ3) is 9.16. The topological polar surface area (TPSA) is 97.2 Å². The molecule has 3 rings (SSSR count). The van der Waals surface area contributed by atoms with Crippen LogP contribution in [0.15, 0.2) is 57.6 Å². The third-order valence-electron chi connectivity index (χ3n) is 5.98. The summed E-state index contributed by atoms with van der Waals surface area (Å²) in [5.74, 6) is 0.118. The van der Waals surface area contributed by atoms with Gasteiger partial charge in [0.1, 0.15) is 4.90 Å². The van der Waals surface area contributed by atoms with Crippen molar-refractivity contribution in [1.82, 2.24) is 5.32 Å². The standard InChI is InChI=1S/C27H34ClN3O4S2/c1-3-4-5-6-7-8-9-10-14-24-26(32)30-27(36-24)31-29-19-21-13-11-12-20(2)25(21)35-37(33,34)23-17-15-22(28)16-18-23/h11-13,15-19,24H,3-10,14H2,1-2H3,(H,30,31,32). The smallest absolute Gasteiger partial charge is 0.339 e. The zero-order chi connectivity index (χ0) is 26.7. The van der Waals surface area contributed by atoms with Gasteiger partial charge in [-0.3, -0.25) is 4.79 Å². The van der Waals surface area contributed by atoms with Crippen molar-refractivity contribution in [3.63, 3.8) is 0 Å². The number of unbranched alkanes of at least 4 members (excludes halogenated alkanes) is 7. The van der Waals surface area contributed by atoms with E-state index >= 15 is 0 Å². The first-order valence-electron chi connectivity index (χ1n) is 12.7. The number of nitrogens with zero attached hydrogens (tertiary/aromatic N) is 2. The van der Waals surface area contributed by atoms with Crippen molar-refractivity contribution in [1.29, 1.82) is 0 Å². The molecule has 200 valence electrons. The summed E-state index contributed by atoms with van der Waals surface area (Å²) >= 11 is 7.25. The Bertz CT molecular complexity index is 1210. The Kier molecular flexibility index (Phi) is 11.5. The van der Waals surface area contributed by atoms with Crippen LogP contribution in [0.1, 0.15) is 75.8 Å². The van der Waals surface area contributed by atoms with Crippen LogP contribution >= 0.6 is 23.4 Å². The highest BCUT2D eigenvalue weighted by Crippen LogP contribution is 2.28. The Labute approximate surface area is 229 Å². The monoisotopic (exact) mass is 563 g/mol. The molecule has 10 heteroatoms. The molecule has 0 spiro atoms. The maximum absolute atomic E-state index is 12.8. The summed E-state index contributed by atoms with van der Waals surface area (Å²) in [5, 5.41) is 11.7. The average Bonchev–Trinajstić information content (AvgIpc) is 3.22. The number of carbonyl (C=O) groups is 1. The normalized spacial score (nSPS) is 17.0. The number of amides is 1. The van der Waals surface area contributed by atoms with Crippen molar-refractivity contribution in [2.24, 2.45) is 10.2 Å². The lowest BCUT2D eigenvalue weighted by atomic mass is 10.1. The van der Waals surface area contributed by atoms with E-state index in [9.17, 15) is 13.2 Å². The summed E-state index contributed by atoms with van der Waals surface area (Å²) in [6, 6.07) is 11.0. The highest BCUT2D eigenvalue weighted by molar-refractivity contribution is 8.15. The van der Waals surface area contributed by atoms with E-state index in [0.29, 0.717) is 21.3 Å². The number of hydrogen-bond donors (Lipinski definition) is 1. The van der Waals surface area contributed by atoms with E-state index in [0.717, 1.165) is 19.3 Å². The minimum Gasteiger partial charge on any atom is -0.378 e. The lowest BCUT2D eigenvalue weighted by Crippen LogP contribution is -2.24. The van der Waals surface area contributed by atoms with Gasteiger partial charge in [-0.05, 0) is 49.2 Å². The SMILES string of the molecule is CCCCCCCCCCC1S/C(=N\N=Cc2cccc(C)c2OS(=O)(=O)c2ccc(Cl)cc2)NC1=O. The molecule has 1 saturated heterocycles. The predicted molar refractivity (Wildman–Crippen MR) is 152 cm³/mol. The van der Waals surface area contributed by atoms with Crippen molar-refractivity contribution in [2.45, 2.75) is 81.8 Å². The first kappa shape index (κ1) is 29.2. The Hall–Kier alpha value is -2.36. The number of para-hydroxylation sites is 1. The van der Waals surface area contributed by atoms with Crippen LogP contribution in [-0.4, -0.2) is 31.0 Å². The molecule has 1 aliphatic heterocycles. The van der Waals surface area contributed by atoms with Crippen molar-refractivity contribution >= 4 is 50.8 Å². The fourth-order valence-corrected chi connectivity index (χ4v) is 6.01. The number of nitrogens with one attached hydrogen (secondary N) is 1. The molecule has 1 unspecified atom stereocenters. The van der Waals surface area contributed by atoms with Gasteiger partial charge in [0.2, 0.25) is 5.91 Å². The molecular formula is C27H34ClN3O4S2. The van der Waals surface area contributed by atoms with Gasteiger partial charge in [-0.15, -0.1) is 5.10 Å². The molecule has 0 aromatic heterocycles. The summed E-state index contributed by atoms with van der Waals surface area (Å²) in [5.41, 5.74) is 1.08. The van der Waals surface area contributed by atoms with Crippen molar-refractivity contribution in [2.75, 3.05) is 0 Å². The van der Waals surface area contributed by atoms with E-state index in [1.54, 1.807) is 25.1 Å². The van der Waals surface area contributed by atoms with E-state index in [1.807, 2.05) is 0 Å². The van der Waals surface area contributed by atoms with E-state index in [2.05, 4.69) is 22.4 Å². The molecule has 2 aromatic carbocycles. The van der Waals surface area contributed by atoms with Crippen LogP contribution in [-0.2, 0) is 14.9 Å². The number of thioether (sulfide) groups is 1. The molecule has 0 bridgehead atoms. The van der Waals surface area contributed by atoms with Gasteiger partial charge in [0.05, 0.1) is 11.5 Å². The molecule has 7 nitrogen and oxygen atoms in total. The first-order chi connectivity index (χ1) is 17.8. The number of hydrogen-bond acceptors (Lipinski definition) is 7. The Morgan fingerprint density at radius 3 is 2.41 bits per heavy atom. The highest BCUT2D eigenvalue weighted by atomic mass is 35.5. The van der Waals surface area contributed by atoms with Crippen molar-refractivity contribution in [3.8, 4) is 5.75 Å². The van der Waals surface area contributed by atoms with Crippen LogP contribution in [0.5, 0.6) is 5.75 Å². The van der Waals surface area contributed by atoms with Gasteiger partial charge in [-0.25, -0.2) is 0 Å². The number of halogens is 1. The van der Waals surface area contributed by atoms with E-state index in [4.69, 9.17) is 15.8 Å². The summed E-state index contributed by atoms with van der Waals surface area (Å²) in [6.07, 6.45) is 12.0. The summed E-state index contributed by atoms with van der Waals surface area (Å²) < 4.78 is 31.0. The van der Waals surface area contributed by atoms with Gasteiger partial charge in [0.25, 0.3) is 0 Å². The van der Waals surface area contributed by atoms with Crippen LogP contribution in [0.3, 0.4) is 0 Å². The van der Waals surface area contributed by atoms with Gasteiger partial charge in [-0.2, -0.15) is 13.5 Å². The molecular weight excluding hydrogens is 530 g/mol. The van der Waals surface area contributed by atoms with Gasteiger partial charge < -0.3 is 9.50 Å². The molecule has 1 N–H and O–H groups in total. The van der Waals surface area contributed by atoms with Crippen LogP contribution in [0.25, 0.3) is 0 Å². The second kappa shape index (κ2) is 14.5.